The molecule has 1 unspecified atom stereocenters. The summed E-state index contributed by atoms with van der Waals surface area (Å²) in [4.78, 5) is 23.6. The lowest BCUT2D eigenvalue weighted by atomic mass is 10.1. The van der Waals surface area contributed by atoms with E-state index in [2.05, 4.69) is 5.32 Å². The zero-order chi connectivity index (χ0) is 18.6. The number of Topliss-reactive ketones (excluding diaryl/α,β-unsaturated/α-hetero) is 1. The number of carbonyl (C=O) groups is 2. The Morgan fingerprint density at radius 1 is 1.20 bits per heavy atom. The maximum Gasteiger partial charge on any atom is 0.258 e. The Balaban J connectivity index is 2.00. The first-order valence-corrected chi connectivity index (χ1v) is 8.21. The van der Waals surface area contributed by atoms with E-state index in [0.29, 0.717) is 15.6 Å². The van der Waals surface area contributed by atoms with Crippen LogP contribution in [0, 0.1) is 5.82 Å². The van der Waals surface area contributed by atoms with Crippen LogP contribution in [0.1, 0.15) is 35.8 Å². The quantitative estimate of drug-likeness (QED) is 0.742. The lowest BCUT2D eigenvalue weighted by Gasteiger charge is -2.16. The summed E-state index contributed by atoms with van der Waals surface area (Å²) in [6.45, 7) is 2.75. The first kappa shape index (κ1) is 19.2. The van der Waals surface area contributed by atoms with Gasteiger partial charge < -0.3 is 10.1 Å². The van der Waals surface area contributed by atoms with Gasteiger partial charge in [0.2, 0.25) is 0 Å². The molecule has 132 valence electrons. The highest BCUT2D eigenvalue weighted by atomic mass is 35.5. The number of halogens is 3. The van der Waals surface area contributed by atoms with Gasteiger partial charge in [-0.05, 0) is 49.7 Å². The van der Waals surface area contributed by atoms with Gasteiger partial charge in [-0.25, -0.2) is 4.39 Å². The predicted octanol–water partition coefficient (Wildman–Crippen LogP) is 4.59. The lowest BCUT2D eigenvalue weighted by Crippen LogP contribution is -2.31. The maximum atomic E-state index is 13.2. The number of amides is 1. The van der Waals surface area contributed by atoms with E-state index in [-0.39, 0.29) is 29.7 Å². The molecule has 0 saturated heterocycles. The van der Waals surface area contributed by atoms with Crippen molar-refractivity contribution in [1.82, 2.24) is 5.32 Å². The van der Waals surface area contributed by atoms with Gasteiger partial charge in [0.05, 0.1) is 11.6 Å². The van der Waals surface area contributed by atoms with Crippen molar-refractivity contribution < 1.29 is 18.7 Å². The third kappa shape index (κ3) is 5.18. The van der Waals surface area contributed by atoms with Crippen molar-refractivity contribution in [1.29, 1.82) is 0 Å². The molecule has 25 heavy (non-hydrogen) atoms. The van der Waals surface area contributed by atoms with E-state index < -0.39 is 11.7 Å². The Labute approximate surface area is 154 Å². The topological polar surface area (TPSA) is 55.4 Å². The zero-order valence-corrected chi connectivity index (χ0v) is 15.1. The molecule has 0 aliphatic rings. The average molecular weight is 384 g/mol. The van der Waals surface area contributed by atoms with Gasteiger partial charge in [-0.2, -0.15) is 0 Å². The van der Waals surface area contributed by atoms with E-state index in [9.17, 15) is 14.0 Å². The molecular weight excluding hydrogens is 368 g/mol. The van der Waals surface area contributed by atoms with Crippen molar-refractivity contribution in [2.45, 2.75) is 19.9 Å². The van der Waals surface area contributed by atoms with Crippen molar-refractivity contribution in [3.8, 4) is 5.75 Å². The molecule has 7 heteroatoms. The molecule has 0 fully saturated rings. The second-order valence-electron chi connectivity index (χ2n) is 5.44. The number of benzene rings is 2. The molecule has 0 spiro atoms. The predicted molar refractivity (Wildman–Crippen MR) is 94.9 cm³/mol. The van der Waals surface area contributed by atoms with E-state index in [1.54, 1.807) is 25.1 Å². The van der Waals surface area contributed by atoms with Crippen molar-refractivity contribution >= 4 is 34.9 Å². The van der Waals surface area contributed by atoms with Crippen LogP contribution in [0.4, 0.5) is 4.39 Å². The van der Waals surface area contributed by atoms with Crippen LogP contribution in [0.3, 0.4) is 0 Å². The summed E-state index contributed by atoms with van der Waals surface area (Å²) in [5.74, 6) is -1.15. The first-order chi connectivity index (χ1) is 11.8. The van der Waals surface area contributed by atoms with Crippen LogP contribution >= 0.6 is 23.2 Å². The molecule has 2 rings (SSSR count). The van der Waals surface area contributed by atoms with Crippen LogP contribution in [-0.2, 0) is 4.79 Å². The number of rotatable bonds is 6. The Morgan fingerprint density at radius 3 is 2.56 bits per heavy atom. The van der Waals surface area contributed by atoms with Gasteiger partial charge in [0, 0.05) is 10.0 Å². The van der Waals surface area contributed by atoms with Gasteiger partial charge in [-0.3, -0.25) is 9.59 Å². The SMILES string of the molecule is CC(=O)c1cc(F)ccc1OCC(=O)NC(C)c1ccc(Cl)cc1Cl. The third-order valence-corrected chi connectivity index (χ3v) is 4.05. The van der Waals surface area contributed by atoms with E-state index in [1.807, 2.05) is 0 Å². The minimum absolute atomic E-state index is 0.0848. The van der Waals surface area contributed by atoms with Gasteiger partial charge in [-0.1, -0.05) is 29.3 Å². The molecule has 0 aliphatic heterocycles. The number of hydrogen-bond acceptors (Lipinski definition) is 3. The molecule has 0 aromatic heterocycles. The van der Waals surface area contributed by atoms with Gasteiger partial charge >= 0.3 is 0 Å². The molecular formula is C18H16Cl2FNO3. The highest BCUT2D eigenvalue weighted by Gasteiger charge is 2.15. The Bertz CT molecular complexity index is 811. The summed E-state index contributed by atoms with van der Waals surface area (Å²) in [6, 6.07) is 8.20. The average Bonchev–Trinajstić information content (AvgIpc) is 2.53. The summed E-state index contributed by atoms with van der Waals surface area (Å²) in [7, 11) is 0. The van der Waals surface area contributed by atoms with Crippen LogP contribution in [0.5, 0.6) is 5.75 Å². The highest BCUT2D eigenvalue weighted by molar-refractivity contribution is 6.35. The molecule has 4 nitrogen and oxygen atoms in total. The number of ether oxygens (including phenoxy) is 1. The van der Waals surface area contributed by atoms with Gasteiger partial charge in [0.1, 0.15) is 11.6 Å². The summed E-state index contributed by atoms with van der Waals surface area (Å²) < 4.78 is 18.6. The van der Waals surface area contributed by atoms with Gasteiger partial charge in [0.15, 0.2) is 12.4 Å². The van der Waals surface area contributed by atoms with E-state index in [4.69, 9.17) is 27.9 Å². The summed E-state index contributed by atoms with van der Waals surface area (Å²) in [5, 5.41) is 3.68. The lowest BCUT2D eigenvalue weighted by molar-refractivity contribution is -0.123. The number of carbonyl (C=O) groups excluding carboxylic acids is 2. The Morgan fingerprint density at radius 2 is 1.92 bits per heavy atom. The summed E-state index contributed by atoms with van der Waals surface area (Å²) >= 11 is 12.0. The zero-order valence-electron chi connectivity index (χ0n) is 13.6. The number of hydrogen-bond donors (Lipinski definition) is 1. The van der Waals surface area contributed by atoms with Crippen LogP contribution in [0.25, 0.3) is 0 Å². The Kier molecular flexibility index (Phi) is 6.39. The maximum absolute atomic E-state index is 13.2. The fourth-order valence-corrected chi connectivity index (χ4v) is 2.83. The van der Waals surface area contributed by atoms with Gasteiger partial charge in [-0.15, -0.1) is 0 Å². The molecule has 0 saturated carbocycles. The second kappa shape index (κ2) is 8.32. The first-order valence-electron chi connectivity index (χ1n) is 7.45. The molecule has 2 aromatic carbocycles. The molecule has 1 atom stereocenters. The van der Waals surface area contributed by atoms with Crippen molar-refractivity contribution in [2.24, 2.45) is 0 Å². The molecule has 0 radical (unpaired) electrons. The number of nitrogens with one attached hydrogen (secondary N) is 1. The minimum atomic E-state index is -0.548. The van der Waals surface area contributed by atoms with Crippen LogP contribution in [0.15, 0.2) is 36.4 Å². The third-order valence-electron chi connectivity index (χ3n) is 3.49. The van der Waals surface area contributed by atoms with Gasteiger partial charge in [0.25, 0.3) is 5.91 Å². The number of ketones is 1. The van der Waals surface area contributed by atoms with Crippen LogP contribution in [-0.4, -0.2) is 18.3 Å². The van der Waals surface area contributed by atoms with Crippen molar-refractivity contribution in [3.63, 3.8) is 0 Å². The molecule has 0 aliphatic carbocycles. The normalized spacial score (nSPS) is 11.7. The van der Waals surface area contributed by atoms with E-state index in [1.165, 1.54) is 13.0 Å². The summed E-state index contributed by atoms with van der Waals surface area (Å²) in [5.41, 5.74) is 0.798. The van der Waals surface area contributed by atoms with Crippen molar-refractivity contribution in [3.05, 3.63) is 63.4 Å². The fraction of sp³-hybridized carbons (Fsp3) is 0.222. The molecule has 1 amide bonds. The smallest absolute Gasteiger partial charge is 0.258 e. The van der Waals surface area contributed by atoms with E-state index >= 15 is 0 Å². The Hall–Kier alpha value is -2.11. The molecule has 1 N–H and O–H groups in total. The molecule has 0 heterocycles. The summed E-state index contributed by atoms with van der Waals surface area (Å²) in [6.07, 6.45) is 0. The van der Waals surface area contributed by atoms with Crippen LogP contribution in [0.2, 0.25) is 10.0 Å². The fourth-order valence-electron chi connectivity index (χ4n) is 2.26. The molecule has 0 bridgehead atoms. The second-order valence-corrected chi connectivity index (χ2v) is 6.28. The van der Waals surface area contributed by atoms with Crippen molar-refractivity contribution in [2.75, 3.05) is 6.61 Å². The highest BCUT2D eigenvalue weighted by Crippen LogP contribution is 2.26. The monoisotopic (exact) mass is 383 g/mol. The van der Waals surface area contributed by atoms with E-state index in [0.717, 1.165) is 12.1 Å². The molecule has 2 aromatic rings. The minimum Gasteiger partial charge on any atom is -0.483 e. The standard InChI is InChI=1S/C18H16Cl2FNO3/c1-10(14-5-3-12(19)7-16(14)20)22-18(24)9-25-17-6-4-13(21)8-15(17)11(2)23/h3-8,10H,9H2,1-2H3,(H,22,24). The largest absolute Gasteiger partial charge is 0.483 e. The van der Waals surface area contributed by atoms with Crippen LogP contribution < -0.4 is 10.1 Å².